The summed E-state index contributed by atoms with van der Waals surface area (Å²) in [6.07, 6.45) is -5.43. The topological polar surface area (TPSA) is 87.7 Å². The fourth-order valence-corrected chi connectivity index (χ4v) is 2.37. The van der Waals surface area contributed by atoms with Crippen LogP contribution in [0.2, 0.25) is 0 Å². The smallest absolute Gasteiger partial charge is 0.490 e. The second-order valence-corrected chi connectivity index (χ2v) is 5.41. The first-order valence-electron chi connectivity index (χ1n) is 7.36. The molecule has 3 N–H and O–H groups in total. The maximum atomic E-state index is 12.4. The summed E-state index contributed by atoms with van der Waals surface area (Å²) >= 11 is 0. The van der Waals surface area contributed by atoms with Gasteiger partial charge in [-0.25, -0.2) is 4.79 Å². The molecule has 1 aliphatic rings. The number of amides is 1. The van der Waals surface area contributed by atoms with Crippen molar-refractivity contribution in [3.63, 3.8) is 0 Å². The van der Waals surface area contributed by atoms with Gasteiger partial charge in [0.25, 0.3) is 5.91 Å². The molecule has 24 heavy (non-hydrogen) atoms. The van der Waals surface area contributed by atoms with Crippen LogP contribution < -0.4 is 10.6 Å². The number of carbonyl (C=O) groups is 2. The zero-order valence-electron chi connectivity index (χ0n) is 12.6. The minimum atomic E-state index is -5.08. The monoisotopic (exact) mass is 346 g/mol. The zero-order chi connectivity index (χ0) is 17.7. The van der Waals surface area contributed by atoms with Crippen molar-refractivity contribution in [1.82, 2.24) is 10.6 Å². The van der Waals surface area contributed by atoms with Gasteiger partial charge in [-0.2, -0.15) is 13.2 Å². The molecule has 0 aromatic heterocycles. The molecular formula is C15H17F3N2O4. The highest BCUT2D eigenvalue weighted by Crippen LogP contribution is 2.21. The van der Waals surface area contributed by atoms with E-state index in [0.717, 1.165) is 0 Å². The van der Waals surface area contributed by atoms with Crippen LogP contribution >= 0.6 is 0 Å². The van der Waals surface area contributed by atoms with Crippen molar-refractivity contribution < 1.29 is 32.6 Å². The van der Waals surface area contributed by atoms with Crippen molar-refractivity contribution in [3.8, 4) is 5.75 Å². The number of carbonyl (C=O) groups excluding carboxylic acids is 2. The van der Waals surface area contributed by atoms with Crippen LogP contribution in [0.15, 0.2) is 24.3 Å². The van der Waals surface area contributed by atoms with E-state index in [1.165, 1.54) is 24.3 Å². The van der Waals surface area contributed by atoms with Crippen molar-refractivity contribution in [1.29, 1.82) is 0 Å². The number of hydrogen-bond acceptors (Lipinski definition) is 5. The maximum Gasteiger partial charge on any atom is 0.490 e. The molecule has 2 rings (SSSR count). The number of rotatable bonds is 3. The fraction of sp³-hybridized carbons (Fsp3) is 0.467. The molecule has 132 valence electrons. The Labute approximate surface area is 136 Å². The van der Waals surface area contributed by atoms with Gasteiger partial charge in [0, 0.05) is 12.1 Å². The van der Waals surface area contributed by atoms with Crippen LogP contribution in [0.4, 0.5) is 13.2 Å². The first-order chi connectivity index (χ1) is 11.3. The van der Waals surface area contributed by atoms with E-state index in [1.807, 2.05) is 0 Å². The summed E-state index contributed by atoms with van der Waals surface area (Å²) in [6, 6.07) is 4.61. The number of aromatic hydroxyl groups is 1. The lowest BCUT2D eigenvalue weighted by atomic mass is 10.1. The van der Waals surface area contributed by atoms with Crippen LogP contribution in [0.25, 0.3) is 0 Å². The standard InChI is InChI=1S/C15H17F3N2O4/c16-15(17,18)14(23)24-12-2-1-7-19-8-11(12)20-13(22)9-3-5-10(21)6-4-9/h3-6,11-12,19,21H,1-2,7-8H2,(H,20,22)/t11-,12+/m0/s1. The molecule has 1 fully saturated rings. The Morgan fingerprint density at radius 2 is 1.92 bits per heavy atom. The molecule has 1 aromatic carbocycles. The van der Waals surface area contributed by atoms with E-state index in [-0.39, 0.29) is 24.3 Å². The molecule has 1 aromatic rings. The van der Waals surface area contributed by atoms with E-state index in [9.17, 15) is 27.9 Å². The predicted octanol–water partition coefficient (Wildman–Crippen LogP) is 1.35. The molecule has 1 amide bonds. The van der Waals surface area contributed by atoms with Gasteiger partial charge in [0.1, 0.15) is 11.9 Å². The third-order valence-corrected chi connectivity index (χ3v) is 3.59. The third kappa shape index (κ3) is 4.85. The summed E-state index contributed by atoms with van der Waals surface area (Å²) in [5, 5.41) is 14.8. The normalized spacial score (nSPS) is 21.6. The van der Waals surface area contributed by atoms with Crippen LogP contribution in [0, 0.1) is 0 Å². The average Bonchev–Trinajstić information content (AvgIpc) is 2.72. The second kappa shape index (κ2) is 7.52. The number of hydrogen-bond donors (Lipinski definition) is 3. The van der Waals surface area contributed by atoms with Gasteiger partial charge in [-0.15, -0.1) is 0 Å². The van der Waals surface area contributed by atoms with E-state index < -0.39 is 30.2 Å². The molecule has 1 aliphatic heterocycles. The SMILES string of the molecule is O=C(N[C@H]1CNCCC[C@H]1OC(=O)C(F)(F)F)c1ccc(O)cc1. The molecule has 6 nitrogen and oxygen atoms in total. The number of alkyl halides is 3. The number of nitrogens with one attached hydrogen (secondary N) is 2. The predicted molar refractivity (Wildman–Crippen MR) is 77.4 cm³/mol. The summed E-state index contributed by atoms with van der Waals surface area (Å²) < 4.78 is 41.7. The minimum Gasteiger partial charge on any atom is -0.508 e. The summed E-state index contributed by atoms with van der Waals surface area (Å²) in [5.74, 6) is -2.81. The molecule has 0 aliphatic carbocycles. The molecule has 1 heterocycles. The van der Waals surface area contributed by atoms with Crippen LogP contribution in [-0.4, -0.2) is 48.4 Å². The van der Waals surface area contributed by atoms with E-state index in [4.69, 9.17) is 0 Å². The van der Waals surface area contributed by atoms with Crippen molar-refractivity contribution in [2.75, 3.05) is 13.1 Å². The van der Waals surface area contributed by atoms with Crippen molar-refractivity contribution >= 4 is 11.9 Å². The molecule has 0 radical (unpaired) electrons. The highest BCUT2D eigenvalue weighted by atomic mass is 19.4. The molecule has 0 unspecified atom stereocenters. The highest BCUT2D eigenvalue weighted by molar-refractivity contribution is 5.94. The number of halogens is 3. The Morgan fingerprint density at radius 3 is 2.54 bits per heavy atom. The number of esters is 1. The van der Waals surface area contributed by atoms with Gasteiger partial charge in [0.2, 0.25) is 0 Å². The first kappa shape index (κ1) is 18.1. The number of benzene rings is 1. The molecule has 1 saturated heterocycles. The van der Waals surface area contributed by atoms with Crippen LogP contribution in [0.3, 0.4) is 0 Å². The first-order valence-corrected chi connectivity index (χ1v) is 7.36. The largest absolute Gasteiger partial charge is 0.508 e. The van der Waals surface area contributed by atoms with E-state index in [1.54, 1.807) is 0 Å². The van der Waals surface area contributed by atoms with Crippen LogP contribution in [-0.2, 0) is 9.53 Å². The summed E-state index contributed by atoms with van der Waals surface area (Å²) in [4.78, 5) is 23.3. The highest BCUT2D eigenvalue weighted by Gasteiger charge is 2.43. The third-order valence-electron chi connectivity index (χ3n) is 3.59. The molecule has 0 spiro atoms. The maximum absolute atomic E-state index is 12.4. The number of ether oxygens (including phenoxy) is 1. The lowest BCUT2D eigenvalue weighted by molar-refractivity contribution is -0.206. The Morgan fingerprint density at radius 1 is 1.25 bits per heavy atom. The van der Waals surface area contributed by atoms with Gasteiger partial charge in [-0.1, -0.05) is 0 Å². The van der Waals surface area contributed by atoms with Gasteiger partial charge >= 0.3 is 12.1 Å². The van der Waals surface area contributed by atoms with Crippen LogP contribution in [0.5, 0.6) is 5.75 Å². The molecular weight excluding hydrogens is 329 g/mol. The summed E-state index contributed by atoms with van der Waals surface area (Å²) in [6.45, 7) is 0.727. The van der Waals surface area contributed by atoms with E-state index in [2.05, 4.69) is 15.4 Å². The molecule has 0 bridgehead atoms. The average molecular weight is 346 g/mol. The van der Waals surface area contributed by atoms with Gasteiger partial charge in [0.15, 0.2) is 0 Å². The van der Waals surface area contributed by atoms with E-state index >= 15 is 0 Å². The Kier molecular flexibility index (Phi) is 5.66. The minimum absolute atomic E-state index is 0.0142. The number of phenols is 1. The van der Waals surface area contributed by atoms with Gasteiger partial charge in [-0.3, -0.25) is 4.79 Å². The van der Waals surface area contributed by atoms with Gasteiger partial charge in [-0.05, 0) is 43.7 Å². The summed E-state index contributed by atoms with van der Waals surface area (Å²) in [7, 11) is 0. The van der Waals surface area contributed by atoms with Crippen molar-refractivity contribution in [2.24, 2.45) is 0 Å². The zero-order valence-corrected chi connectivity index (χ0v) is 12.6. The van der Waals surface area contributed by atoms with Gasteiger partial charge in [0.05, 0.1) is 6.04 Å². The second-order valence-electron chi connectivity index (χ2n) is 5.41. The molecule has 2 atom stereocenters. The Hall–Kier alpha value is -2.29. The number of phenolic OH excluding ortho intramolecular Hbond substituents is 1. The molecule has 9 heteroatoms. The fourth-order valence-electron chi connectivity index (χ4n) is 2.37. The van der Waals surface area contributed by atoms with Crippen molar-refractivity contribution in [3.05, 3.63) is 29.8 Å². The lowest BCUT2D eigenvalue weighted by Gasteiger charge is -2.26. The summed E-state index contributed by atoms with van der Waals surface area (Å²) in [5.41, 5.74) is 0.234. The molecule has 0 saturated carbocycles. The Bertz CT molecular complexity index is 589. The van der Waals surface area contributed by atoms with Gasteiger partial charge < -0.3 is 20.5 Å². The lowest BCUT2D eigenvalue weighted by Crippen LogP contribution is -2.50. The Balaban J connectivity index is 2.07. The van der Waals surface area contributed by atoms with E-state index in [0.29, 0.717) is 13.0 Å². The quantitative estimate of drug-likeness (QED) is 0.719. The van der Waals surface area contributed by atoms with Crippen LogP contribution in [0.1, 0.15) is 23.2 Å². The van der Waals surface area contributed by atoms with Crippen molar-refractivity contribution in [2.45, 2.75) is 31.2 Å².